The maximum atomic E-state index is 11.2. The number of rotatable bonds is 7. The molecule has 0 aromatic carbocycles. The topological polar surface area (TPSA) is 67.4 Å². The van der Waals surface area contributed by atoms with Crippen LogP contribution in [0.25, 0.3) is 0 Å². The van der Waals surface area contributed by atoms with Crippen molar-refractivity contribution in [1.82, 2.24) is 14.9 Å². The van der Waals surface area contributed by atoms with Gasteiger partial charge in [0.2, 0.25) is 0 Å². The minimum absolute atomic E-state index is 0.212. The third-order valence-electron chi connectivity index (χ3n) is 2.87. The number of anilines is 1. The molecular weight excluding hydrogens is 244 g/mol. The van der Waals surface area contributed by atoms with Crippen molar-refractivity contribution in [2.24, 2.45) is 0 Å². The minimum Gasteiger partial charge on any atom is -0.464 e. The maximum Gasteiger partial charge on any atom is 0.358 e. The highest BCUT2D eigenvalue weighted by Gasteiger charge is 2.10. The Morgan fingerprint density at radius 3 is 2.53 bits per heavy atom. The number of ether oxygens (including phenoxy) is 1. The van der Waals surface area contributed by atoms with Crippen LogP contribution in [0.1, 0.15) is 31.3 Å². The van der Waals surface area contributed by atoms with Crippen LogP contribution in [0, 0.1) is 0 Å². The minimum atomic E-state index is -0.477. The first-order valence-electron chi connectivity index (χ1n) is 6.49. The van der Waals surface area contributed by atoms with E-state index in [-0.39, 0.29) is 11.7 Å². The van der Waals surface area contributed by atoms with Crippen molar-refractivity contribution in [3.05, 3.63) is 18.1 Å². The summed E-state index contributed by atoms with van der Waals surface area (Å²) in [6, 6.07) is 0.262. The van der Waals surface area contributed by atoms with Gasteiger partial charge in [-0.15, -0.1) is 0 Å². The molecule has 1 aromatic heterocycles. The molecule has 0 spiro atoms. The smallest absolute Gasteiger partial charge is 0.358 e. The van der Waals surface area contributed by atoms with Gasteiger partial charge >= 0.3 is 5.97 Å². The second-order valence-corrected chi connectivity index (χ2v) is 4.31. The van der Waals surface area contributed by atoms with Crippen LogP contribution in [0.3, 0.4) is 0 Å². The normalized spacial score (nSPS) is 12.3. The lowest BCUT2D eigenvalue weighted by molar-refractivity contribution is 0.0593. The summed E-state index contributed by atoms with van der Waals surface area (Å²) < 4.78 is 4.57. The van der Waals surface area contributed by atoms with Crippen molar-refractivity contribution < 1.29 is 9.53 Å². The fraction of sp³-hybridized carbons (Fsp3) is 0.615. The molecule has 106 valence electrons. The van der Waals surface area contributed by atoms with Gasteiger partial charge in [-0.1, -0.05) is 13.8 Å². The predicted octanol–water partition coefficient (Wildman–Crippen LogP) is 1.41. The molecule has 1 rings (SSSR count). The Labute approximate surface area is 114 Å². The second kappa shape index (κ2) is 7.68. The summed E-state index contributed by atoms with van der Waals surface area (Å²) in [5.74, 6) is 0.183. The molecule has 6 heteroatoms. The fourth-order valence-corrected chi connectivity index (χ4v) is 1.78. The van der Waals surface area contributed by atoms with Crippen LogP contribution in [0.15, 0.2) is 12.4 Å². The van der Waals surface area contributed by atoms with Crippen molar-refractivity contribution in [2.75, 3.05) is 32.1 Å². The molecule has 1 atom stereocenters. The molecule has 0 fully saturated rings. The zero-order valence-electron chi connectivity index (χ0n) is 12.0. The Kier molecular flexibility index (Phi) is 6.21. The highest BCUT2D eigenvalue weighted by atomic mass is 16.5. The Balaban J connectivity index is 2.55. The van der Waals surface area contributed by atoms with Crippen molar-refractivity contribution in [2.45, 2.75) is 26.8 Å². The SMILES string of the molecule is CCN(CC)CC(C)Nc1cnc(C(=O)OC)cn1. The van der Waals surface area contributed by atoms with Gasteiger partial charge in [0.1, 0.15) is 5.82 Å². The summed E-state index contributed by atoms with van der Waals surface area (Å²) in [6.45, 7) is 9.36. The molecule has 0 saturated heterocycles. The lowest BCUT2D eigenvalue weighted by Gasteiger charge is -2.23. The molecule has 1 heterocycles. The van der Waals surface area contributed by atoms with E-state index < -0.39 is 5.97 Å². The first-order valence-corrected chi connectivity index (χ1v) is 6.49. The number of methoxy groups -OCH3 is 1. The summed E-state index contributed by atoms with van der Waals surface area (Å²) >= 11 is 0. The third kappa shape index (κ3) is 4.82. The zero-order chi connectivity index (χ0) is 14.3. The van der Waals surface area contributed by atoms with Gasteiger partial charge in [0.25, 0.3) is 0 Å². The molecule has 0 aliphatic carbocycles. The summed E-state index contributed by atoms with van der Waals surface area (Å²) in [7, 11) is 1.32. The second-order valence-electron chi connectivity index (χ2n) is 4.31. The number of aromatic nitrogens is 2. The fourth-order valence-electron chi connectivity index (χ4n) is 1.78. The monoisotopic (exact) mass is 266 g/mol. The van der Waals surface area contributed by atoms with Gasteiger partial charge in [-0.3, -0.25) is 0 Å². The van der Waals surface area contributed by atoms with E-state index in [2.05, 4.69) is 45.7 Å². The third-order valence-corrected chi connectivity index (χ3v) is 2.87. The highest BCUT2D eigenvalue weighted by molar-refractivity contribution is 5.86. The molecule has 6 nitrogen and oxygen atoms in total. The van der Waals surface area contributed by atoms with Crippen molar-refractivity contribution in [3.8, 4) is 0 Å². The molecule has 19 heavy (non-hydrogen) atoms. The molecule has 0 saturated carbocycles. The average Bonchev–Trinajstić information content (AvgIpc) is 2.44. The Morgan fingerprint density at radius 2 is 2.05 bits per heavy atom. The quantitative estimate of drug-likeness (QED) is 0.753. The summed E-state index contributed by atoms with van der Waals surface area (Å²) in [4.78, 5) is 21.7. The number of likely N-dealkylation sites (N-methyl/N-ethyl adjacent to an activating group) is 1. The van der Waals surface area contributed by atoms with Crippen LogP contribution in [0.2, 0.25) is 0 Å². The van der Waals surface area contributed by atoms with Gasteiger partial charge in [-0.05, 0) is 20.0 Å². The van der Waals surface area contributed by atoms with Gasteiger partial charge in [0.05, 0.1) is 19.5 Å². The van der Waals surface area contributed by atoms with Crippen molar-refractivity contribution >= 4 is 11.8 Å². The van der Waals surface area contributed by atoms with Crippen molar-refractivity contribution in [1.29, 1.82) is 0 Å². The molecule has 0 aliphatic heterocycles. The van der Waals surface area contributed by atoms with Gasteiger partial charge < -0.3 is 15.0 Å². The zero-order valence-corrected chi connectivity index (χ0v) is 12.0. The van der Waals surface area contributed by atoms with Crippen LogP contribution >= 0.6 is 0 Å². The van der Waals surface area contributed by atoms with E-state index in [9.17, 15) is 4.79 Å². The Morgan fingerprint density at radius 1 is 1.37 bits per heavy atom. The number of nitrogens with one attached hydrogen (secondary N) is 1. The first kappa shape index (κ1) is 15.4. The average molecular weight is 266 g/mol. The van der Waals surface area contributed by atoms with Gasteiger partial charge in [-0.2, -0.15) is 0 Å². The van der Waals surface area contributed by atoms with Gasteiger partial charge in [0.15, 0.2) is 5.69 Å². The standard InChI is InChI=1S/C13H22N4O2/c1-5-17(6-2)9-10(3)16-12-8-14-11(7-15-12)13(18)19-4/h7-8,10H,5-6,9H2,1-4H3,(H,15,16). The van der Waals surface area contributed by atoms with E-state index in [1.807, 2.05) is 0 Å². The number of nitrogens with zero attached hydrogens (tertiary/aromatic N) is 3. The van der Waals surface area contributed by atoms with E-state index >= 15 is 0 Å². The largest absolute Gasteiger partial charge is 0.464 e. The maximum absolute atomic E-state index is 11.2. The lowest BCUT2D eigenvalue weighted by atomic mass is 10.3. The predicted molar refractivity (Wildman–Crippen MR) is 74.2 cm³/mol. The molecule has 1 N–H and O–H groups in total. The summed E-state index contributed by atoms with van der Waals surface area (Å²) in [6.07, 6.45) is 2.96. The number of esters is 1. The summed E-state index contributed by atoms with van der Waals surface area (Å²) in [5, 5.41) is 3.26. The Hall–Kier alpha value is -1.69. The van der Waals surface area contributed by atoms with Crippen LogP contribution in [0.4, 0.5) is 5.82 Å². The molecule has 0 aliphatic rings. The number of carbonyl (C=O) groups is 1. The van der Waals surface area contributed by atoms with E-state index in [1.54, 1.807) is 6.20 Å². The molecule has 0 radical (unpaired) electrons. The van der Waals surface area contributed by atoms with E-state index in [1.165, 1.54) is 13.3 Å². The highest BCUT2D eigenvalue weighted by Crippen LogP contribution is 2.05. The number of hydrogen-bond acceptors (Lipinski definition) is 6. The molecule has 1 aromatic rings. The van der Waals surface area contributed by atoms with E-state index in [0.717, 1.165) is 19.6 Å². The number of carbonyl (C=O) groups excluding carboxylic acids is 1. The van der Waals surface area contributed by atoms with Crippen molar-refractivity contribution in [3.63, 3.8) is 0 Å². The van der Waals surface area contributed by atoms with Crippen LogP contribution in [0.5, 0.6) is 0 Å². The number of hydrogen-bond donors (Lipinski definition) is 1. The van der Waals surface area contributed by atoms with E-state index in [0.29, 0.717) is 5.82 Å². The summed E-state index contributed by atoms with van der Waals surface area (Å²) in [5.41, 5.74) is 0.212. The van der Waals surface area contributed by atoms with Crippen LogP contribution in [-0.2, 0) is 4.74 Å². The van der Waals surface area contributed by atoms with Crippen LogP contribution in [-0.4, -0.2) is 53.6 Å². The molecule has 0 bridgehead atoms. The molecular formula is C13H22N4O2. The van der Waals surface area contributed by atoms with Gasteiger partial charge in [0, 0.05) is 12.6 Å². The lowest BCUT2D eigenvalue weighted by Crippen LogP contribution is -2.35. The molecule has 0 amide bonds. The first-order chi connectivity index (χ1) is 9.10. The van der Waals surface area contributed by atoms with Gasteiger partial charge in [-0.25, -0.2) is 14.8 Å². The molecule has 1 unspecified atom stereocenters. The van der Waals surface area contributed by atoms with Crippen LogP contribution < -0.4 is 5.32 Å². The Bertz CT molecular complexity index is 390. The van der Waals surface area contributed by atoms with E-state index in [4.69, 9.17) is 0 Å².